The van der Waals surface area contributed by atoms with E-state index < -0.39 is 0 Å². The summed E-state index contributed by atoms with van der Waals surface area (Å²) in [4.78, 5) is 15.2. The van der Waals surface area contributed by atoms with Crippen molar-refractivity contribution in [1.82, 2.24) is 4.90 Å². The van der Waals surface area contributed by atoms with Crippen molar-refractivity contribution in [2.75, 3.05) is 20.8 Å². The predicted octanol–water partition coefficient (Wildman–Crippen LogP) is 4.08. The minimum atomic E-state index is -0.0779. The van der Waals surface area contributed by atoms with E-state index in [9.17, 15) is 4.79 Å². The number of nitrogens with zero attached hydrogens (tertiary/aromatic N) is 1. The Kier molecular flexibility index (Phi) is 5.69. The summed E-state index contributed by atoms with van der Waals surface area (Å²) in [5.74, 6) is 1.11. The first-order chi connectivity index (χ1) is 10.5. The van der Waals surface area contributed by atoms with Crippen molar-refractivity contribution in [2.45, 2.75) is 13.5 Å². The Hall–Kier alpha value is -1.72. The Morgan fingerprint density at radius 2 is 2.05 bits per heavy atom. The second-order valence-corrected chi connectivity index (χ2v) is 6.47. The number of carbonyl (C=O) groups is 1. The molecule has 1 aromatic heterocycles. The summed E-state index contributed by atoms with van der Waals surface area (Å²) in [6.07, 6.45) is 0. The molecule has 22 heavy (non-hydrogen) atoms. The van der Waals surface area contributed by atoms with Crippen molar-refractivity contribution in [3.8, 4) is 11.5 Å². The fourth-order valence-electron chi connectivity index (χ4n) is 2.04. The van der Waals surface area contributed by atoms with Gasteiger partial charge in [0.15, 0.2) is 11.5 Å². The summed E-state index contributed by atoms with van der Waals surface area (Å²) in [6, 6.07) is 8.96. The number of amides is 1. The molecule has 1 aromatic carbocycles. The second-order valence-electron chi connectivity index (χ2n) is 4.67. The lowest BCUT2D eigenvalue weighted by Crippen LogP contribution is -2.25. The van der Waals surface area contributed by atoms with Gasteiger partial charge in [-0.1, -0.05) is 11.6 Å². The maximum atomic E-state index is 12.5. The molecule has 118 valence electrons. The third-order valence-electron chi connectivity index (χ3n) is 3.08. The lowest BCUT2D eigenvalue weighted by molar-refractivity contribution is 0.0786. The molecule has 0 fully saturated rings. The van der Waals surface area contributed by atoms with Gasteiger partial charge < -0.3 is 14.4 Å². The molecule has 1 heterocycles. The van der Waals surface area contributed by atoms with Crippen molar-refractivity contribution in [3.63, 3.8) is 0 Å². The summed E-state index contributed by atoms with van der Waals surface area (Å²) in [6.45, 7) is 2.97. The third-order valence-corrected chi connectivity index (χ3v) is 4.29. The van der Waals surface area contributed by atoms with Crippen LogP contribution in [0.15, 0.2) is 30.3 Å². The lowest BCUT2D eigenvalue weighted by atomic mass is 10.1. The van der Waals surface area contributed by atoms with Crippen LogP contribution in [-0.2, 0) is 6.54 Å². The van der Waals surface area contributed by atoms with Gasteiger partial charge in [-0.25, -0.2) is 0 Å². The van der Waals surface area contributed by atoms with E-state index in [1.807, 2.05) is 19.1 Å². The summed E-state index contributed by atoms with van der Waals surface area (Å²) < 4.78 is 11.5. The third kappa shape index (κ3) is 3.93. The quantitative estimate of drug-likeness (QED) is 0.796. The number of carbonyl (C=O) groups excluding carboxylic acids is 1. The zero-order chi connectivity index (χ0) is 16.1. The molecule has 0 aliphatic heterocycles. The highest BCUT2D eigenvalue weighted by Gasteiger charge is 2.15. The van der Waals surface area contributed by atoms with Gasteiger partial charge in [-0.05, 0) is 37.3 Å². The van der Waals surface area contributed by atoms with Crippen LogP contribution in [0, 0.1) is 0 Å². The number of hydrogen-bond acceptors (Lipinski definition) is 4. The first kappa shape index (κ1) is 16.6. The Balaban J connectivity index is 2.14. The van der Waals surface area contributed by atoms with Crippen molar-refractivity contribution >= 4 is 28.8 Å². The molecule has 6 heteroatoms. The minimum absolute atomic E-state index is 0.0779. The Morgan fingerprint density at radius 3 is 2.64 bits per heavy atom. The number of halogens is 1. The fourth-order valence-corrected chi connectivity index (χ4v) is 3.18. The van der Waals surface area contributed by atoms with Crippen LogP contribution in [-0.4, -0.2) is 31.6 Å². The number of hydrogen-bond donors (Lipinski definition) is 0. The molecule has 0 atom stereocenters. The van der Waals surface area contributed by atoms with Gasteiger partial charge in [0.2, 0.25) is 0 Å². The van der Waals surface area contributed by atoms with E-state index in [1.54, 1.807) is 37.3 Å². The summed E-state index contributed by atoms with van der Waals surface area (Å²) >= 11 is 7.38. The number of rotatable bonds is 6. The van der Waals surface area contributed by atoms with Crippen LogP contribution in [0.3, 0.4) is 0 Å². The molecular formula is C16H18ClNO3S. The molecule has 0 saturated heterocycles. The van der Waals surface area contributed by atoms with Crippen molar-refractivity contribution in [3.05, 3.63) is 45.1 Å². The van der Waals surface area contributed by atoms with Crippen LogP contribution in [0.5, 0.6) is 11.5 Å². The summed E-state index contributed by atoms with van der Waals surface area (Å²) in [5, 5.41) is 0. The van der Waals surface area contributed by atoms with Crippen LogP contribution in [0.4, 0.5) is 0 Å². The number of benzene rings is 1. The molecule has 0 unspecified atom stereocenters. The van der Waals surface area contributed by atoms with Gasteiger partial charge in [-0.15, -0.1) is 11.3 Å². The molecule has 2 aromatic rings. The Bertz CT molecular complexity index is 657. The van der Waals surface area contributed by atoms with Crippen LogP contribution in [0.2, 0.25) is 4.34 Å². The topological polar surface area (TPSA) is 38.8 Å². The molecule has 0 aliphatic rings. The fraction of sp³-hybridized carbons (Fsp3) is 0.312. The molecule has 0 bridgehead atoms. The molecular weight excluding hydrogens is 322 g/mol. The Morgan fingerprint density at radius 1 is 1.27 bits per heavy atom. The van der Waals surface area contributed by atoms with Gasteiger partial charge >= 0.3 is 0 Å². The van der Waals surface area contributed by atoms with E-state index >= 15 is 0 Å². The molecule has 1 amide bonds. The average Bonchev–Trinajstić information content (AvgIpc) is 2.92. The first-order valence-electron chi connectivity index (χ1n) is 6.85. The smallest absolute Gasteiger partial charge is 0.254 e. The predicted molar refractivity (Wildman–Crippen MR) is 89.3 cm³/mol. The number of methoxy groups -OCH3 is 1. The van der Waals surface area contributed by atoms with Crippen molar-refractivity contribution < 1.29 is 14.3 Å². The average molecular weight is 340 g/mol. The minimum Gasteiger partial charge on any atom is -0.493 e. The molecule has 2 rings (SSSR count). The number of ether oxygens (including phenoxy) is 2. The summed E-state index contributed by atoms with van der Waals surface area (Å²) in [7, 11) is 3.32. The van der Waals surface area contributed by atoms with Gasteiger partial charge in [-0.3, -0.25) is 4.79 Å². The standard InChI is InChI=1S/C16H18ClNO3S/c1-4-21-13-7-5-11(9-14(13)20-3)16(19)18(2)10-12-6-8-15(17)22-12/h5-9H,4,10H2,1-3H3. The van der Waals surface area contributed by atoms with Crippen LogP contribution < -0.4 is 9.47 Å². The highest BCUT2D eigenvalue weighted by Crippen LogP contribution is 2.29. The second kappa shape index (κ2) is 7.51. The van der Waals surface area contributed by atoms with Gasteiger partial charge in [0.1, 0.15) is 0 Å². The number of thiophene rings is 1. The van der Waals surface area contributed by atoms with E-state index in [1.165, 1.54) is 11.3 Å². The van der Waals surface area contributed by atoms with Gasteiger partial charge in [0.05, 0.1) is 24.6 Å². The molecule has 4 nitrogen and oxygen atoms in total. The maximum absolute atomic E-state index is 12.5. The zero-order valence-corrected chi connectivity index (χ0v) is 14.3. The zero-order valence-electron chi connectivity index (χ0n) is 12.8. The maximum Gasteiger partial charge on any atom is 0.254 e. The van der Waals surface area contributed by atoms with Crippen LogP contribution >= 0.6 is 22.9 Å². The molecule has 0 aliphatic carbocycles. The van der Waals surface area contributed by atoms with Crippen molar-refractivity contribution in [1.29, 1.82) is 0 Å². The van der Waals surface area contributed by atoms with Gasteiger partial charge in [0.25, 0.3) is 5.91 Å². The SMILES string of the molecule is CCOc1ccc(C(=O)N(C)Cc2ccc(Cl)s2)cc1OC. The lowest BCUT2D eigenvalue weighted by Gasteiger charge is -2.17. The van der Waals surface area contributed by atoms with E-state index in [0.29, 0.717) is 30.2 Å². The van der Waals surface area contributed by atoms with E-state index in [-0.39, 0.29) is 5.91 Å². The Labute approximate surface area is 139 Å². The largest absolute Gasteiger partial charge is 0.493 e. The van der Waals surface area contributed by atoms with Crippen LogP contribution in [0.1, 0.15) is 22.2 Å². The van der Waals surface area contributed by atoms with Gasteiger partial charge in [0, 0.05) is 17.5 Å². The highest BCUT2D eigenvalue weighted by molar-refractivity contribution is 7.16. The van der Waals surface area contributed by atoms with Gasteiger partial charge in [-0.2, -0.15) is 0 Å². The monoisotopic (exact) mass is 339 g/mol. The molecule has 0 saturated carbocycles. The normalized spacial score (nSPS) is 10.4. The van der Waals surface area contributed by atoms with E-state index in [2.05, 4.69) is 0 Å². The molecule has 0 spiro atoms. The van der Waals surface area contributed by atoms with Crippen molar-refractivity contribution in [2.24, 2.45) is 0 Å². The van der Waals surface area contributed by atoms with Crippen LogP contribution in [0.25, 0.3) is 0 Å². The summed E-state index contributed by atoms with van der Waals surface area (Å²) in [5.41, 5.74) is 0.561. The molecule has 0 radical (unpaired) electrons. The molecule has 0 N–H and O–H groups in total. The first-order valence-corrected chi connectivity index (χ1v) is 8.05. The van der Waals surface area contributed by atoms with E-state index in [0.717, 1.165) is 9.21 Å². The van der Waals surface area contributed by atoms with E-state index in [4.69, 9.17) is 21.1 Å². The highest BCUT2D eigenvalue weighted by atomic mass is 35.5.